The molecule has 0 bridgehead atoms. The van der Waals surface area contributed by atoms with Crippen molar-refractivity contribution in [1.29, 1.82) is 0 Å². The van der Waals surface area contributed by atoms with Gasteiger partial charge in [0.15, 0.2) is 0 Å². The van der Waals surface area contributed by atoms with Crippen molar-refractivity contribution >= 4 is 17.3 Å². The Morgan fingerprint density at radius 1 is 1.32 bits per heavy atom. The lowest BCUT2D eigenvalue weighted by Crippen LogP contribution is -2.34. The highest BCUT2D eigenvalue weighted by molar-refractivity contribution is 6.28. The van der Waals surface area contributed by atoms with Crippen molar-refractivity contribution in [2.75, 3.05) is 11.4 Å². The minimum Gasteiger partial charge on any atom is -0.365 e. The molecule has 0 N–H and O–H groups in total. The SMILES string of the molecule is CC1Cc2ccccc2N(Cc2ccnc(Cl)n2)C1. The second kappa shape index (κ2) is 5.17. The number of para-hydroxylation sites is 1. The van der Waals surface area contributed by atoms with Gasteiger partial charge < -0.3 is 4.90 Å². The predicted molar refractivity (Wildman–Crippen MR) is 77.4 cm³/mol. The van der Waals surface area contributed by atoms with Crippen molar-refractivity contribution in [3.63, 3.8) is 0 Å². The van der Waals surface area contributed by atoms with Crippen LogP contribution in [0.25, 0.3) is 0 Å². The number of fused-ring (bicyclic) bond motifs is 1. The zero-order valence-corrected chi connectivity index (χ0v) is 11.6. The molecule has 98 valence electrons. The molecule has 3 nitrogen and oxygen atoms in total. The Bertz CT molecular complexity index is 585. The van der Waals surface area contributed by atoms with Crippen molar-refractivity contribution in [2.45, 2.75) is 19.9 Å². The molecule has 2 aromatic rings. The lowest BCUT2D eigenvalue weighted by Gasteiger charge is -2.34. The van der Waals surface area contributed by atoms with Gasteiger partial charge >= 0.3 is 0 Å². The zero-order chi connectivity index (χ0) is 13.2. The van der Waals surface area contributed by atoms with Gasteiger partial charge in [0.05, 0.1) is 12.2 Å². The van der Waals surface area contributed by atoms with E-state index in [-0.39, 0.29) is 0 Å². The maximum Gasteiger partial charge on any atom is 0.222 e. The van der Waals surface area contributed by atoms with E-state index in [1.54, 1.807) is 6.20 Å². The summed E-state index contributed by atoms with van der Waals surface area (Å²) in [7, 11) is 0. The Balaban J connectivity index is 1.89. The van der Waals surface area contributed by atoms with Gasteiger partial charge in [0.25, 0.3) is 0 Å². The van der Waals surface area contributed by atoms with Crippen molar-refractivity contribution in [1.82, 2.24) is 9.97 Å². The largest absolute Gasteiger partial charge is 0.365 e. The predicted octanol–water partition coefficient (Wildman–Crippen LogP) is 3.33. The van der Waals surface area contributed by atoms with Crippen LogP contribution in [0.1, 0.15) is 18.2 Å². The van der Waals surface area contributed by atoms with Crippen LogP contribution in [0, 0.1) is 5.92 Å². The maximum absolute atomic E-state index is 5.85. The molecule has 0 amide bonds. The Hall–Kier alpha value is -1.61. The van der Waals surface area contributed by atoms with Crippen LogP contribution in [0.2, 0.25) is 5.28 Å². The Morgan fingerprint density at radius 3 is 3.00 bits per heavy atom. The van der Waals surface area contributed by atoms with E-state index in [0.717, 1.165) is 25.2 Å². The number of benzene rings is 1. The first kappa shape index (κ1) is 12.4. The summed E-state index contributed by atoms with van der Waals surface area (Å²) in [5, 5.41) is 0.316. The lowest BCUT2D eigenvalue weighted by atomic mass is 9.94. The number of nitrogens with zero attached hydrogens (tertiary/aromatic N) is 3. The van der Waals surface area contributed by atoms with Crippen LogP contribution >= 0.6 is 11.6 Å². The maximum atomic E-state index is 5.85. The van der Waals surface area contributed by atoms with E-state index < -0.39 is 0 Å². The molecule has 1 aliphatic heterocycles. The fraction of sp³-hybridized carbons (Fsp3) is 0.333. The highest BCUT2D eigenvalue weighted by Gasteiger charge is 2.21. The van der Waals surface area contributed by atoms with Crippen molar-refractivity contribution < 1.29 is 0 Å². The Kier molecular flexibility index (Phi) is 3.38. The summed E-state index contributed by atoms with van der Waals surface area (Å²) >= 11 is 5.85. The minimum absolute atomic E-state index is 0.316. The number of rotatable bonds is 2. The first-order chi connectivity index (χ1) is 9.22. The lowest BCUT2D eigenvalue weighted by molar-refractivity contribution is 0.528. The van der Waals surface area contributed by atoms with E-state index in [1.807, 2.05) is 6.07 Å². The zero-order valence-electron chi connectivity index (χ0n) is 10.9. The molecule has 0 saturated heterocycles. The summed E-state index contributed by atoms with van der Waals surface area (Å²) in [6, 6.07) is 10.5. The molecule has 1 aromatic carbocycles. The quantitative estimate of drug-likeness (QED) is 0.786. The van der Waals surface area contributed by atoms with E-state index >= 15 is 0 Å². The van der Waals surface area contributed by atoms with E-state index in [0.29, 0.717) is 11.2 Å². The molecule has 1 aliphatic rings. The van der Waals surface area contributed by atoms with Gasteiger partial charge in [-0.15, -0.1) is 0 Å². The van der Waals surface area contributed by atoms with Crippen molar-refractivity contribution in [2.24, 2.45) is 5.92 Å². The third-order valence-electron chi connectivity index (χ3n) is 3.47. The molecule has 0 aliphatic carbocycles. The van der Waals surface area contributed by atoms with Crippen LogP contribution in [0.5, 0.6) is 0 Å². The average molecular weight is 274 g/mol. The molecule has 0 fully saturated rings. The number of hydrogen-bond acceptors (Lipinski definition) is 3. The summed E-state index contributed by atoms with van der Waals surface area (Å²) in [6.07, 6.45) is 2.86. The van der Waals surface area contributed by atoms with Crippen LogP contribution in [0.15, 0.2) is 36.5 Å². The first-order valence-corrected chi connectivity index (χ1v) is 6.90. The molecule has 0 saturated carbocycles. The van der Waals surface area contributed by atoms with E-state index in [9.17, 15) is 0 Å². The van der Waals surface area contributed by atoms with E-state index in [2.05, 4.69) is 46.1 Å². The fourth-order valence-corrected chi connectivity index (χ4v) is 2.87. The highest BCUT2D eigenvalue weighted by atomic mass is 35.5. The number of hydrogen-bond donors (Lipinski definition) is 0. The van der Waals surface area contributed by atoms with Crippen molar-refractivity contribution in [3.05, 3.63) is 53.1 Å². The van der Waals surface area contributed by atoms with Crippen LogP contribution < -0.4 is 4.90 Å². The fourth-order valence-electron chi connectivity index (χ4n) is 2.71. The van der Waals surface area contributed by atoms with Crippen LogP contribution in [-0.2, 0) is 13.0 Å². The first-order valence-electron chi connectivity index (χ1n) is 6.52. The van der Waals surface area contributed by atoms with Crippen molar-refractivity contribution in [3.8, 4) is 0 Å². The summed E-state index contributed by atoms with van der Waals surface area (Å²) in [6.45, 7) is 4.12. The third-order valence-corrected chi connectivity index (χ3v) is 3.65. The average Bonchev–Trinajstić information content (AvgIpc) is 2.38. The smallest absolute Gasteiger partial charge is 0.222 e. The number of anilines is 1. The van der Waals surface area contributed by atoms with Gasteiger partial charge in [-0.1, -0.05) is 25.1 Å². The summed E-state index contributed by atoms with van der Waals surface area (Å²) in [4.78, 5) is 10.6. The molecule has 2 heterocycles. The number of aromatic nitrogens is 2. The molecule has 1 unspecified atom stereocenters. The van der Waals surface area contributed by atoms with Gasteiger partial charge in [-0.3, -0.25) is 0 Å². The number of halogens is 1. The normalized spacial score (nSPS) is 18.2. The van der Waals surface area contributed by atoms with E-state index in [4.69, 9.17) is 11.6 Å². The summed E-state index contributed by atoms with van der Waals surface area (Å²) < 4.78 is 0. The molecule has 3 rings (SSSR count). The Labute approximate surface area is 118 Å². The molecular formula is C15H16ClN3. The minimum atomic E-state index is 0.316. The monoisotopic (exact) mass is 273 g/mol. The van der Waals surface area contributed by atoms with Gasteiger partial charge in [0, 0.05) is 18.4 Å². The van der Waals surface area contributed by atoms with Crippen LogP contribution in [0.4, 0.5) is 5.69 Å². The van der Waals surface area contributed by atoms with E-state index in [1.165, 1.54) is 11.3 Å². The van der Waals surface area contributed by atoms with Crippen LogP contribution in [-0.4, -0.2) is 16.5 Å². The highest BCUT2D eigenvalue weighted by Crippen LogP contribution is 2.30. The van der Waals surface area contributed by atoms with Gasteiger partial charge in [0.2, 0.25) is 5.28 Å². The topological polar surface area (TPSA) is 29.0 Å². The second-order valence-electron chi connectivity index (χ2n) is 5.14. The molecule has 0 radical (unpaired) electrons. The van der Waals surface area contributed by atoms with Gasteiger partial charge in [0.1, 0.15) is 0 Å². The van der Waals surface area contributed by atoms with Crippen LogP contribution in [0.3, 0.4) is 0 Å². The Morgan fingerprint density at radius 2 is 2.16 bits per heavy atom. The summed E-state index contributed by atoms with van der Waals surface area (Å²) in [5.41, 5.74) is 3.70. The summed E-state index contributed by atoms with van der Waals surface area (Å²) in [5.74, 6) is 0.659. The van der Waals surface area contributed by atoms with Gasteiger partial charge in [-0.05, 0) is 41.6 Å². The molecular weight excluding hydrogens is 258 g/mol. The molecule has 4 heteroatoms. The third kappa shape index (κ3) is 2.71. The molecule has 1 aromatic heterocycles. The van der Waals surface area contributed by atoms with Gasteiger partial charge in [-0.2, -0.15) is 0 Å². The molecule has 0 spiro atoms. The second-order valence-corrected chi connectivity index (χ2v) is 5.47. The molecule has 1 atom stereocenters. The standard InChI is InChI=1S/C15H16ClN3/c1-11-8-12-4-2-3-5-14(12)19(9-11)10-13-6-7-17-15(16)18-13/h2-7,11H,8-10H2,1H3. The van der Waals surface area contributed by atoms with Gasteiger partial charge in [-0.25, -0.2) is 9.97 Å². The molecule has 19 heavy (non-hydrogen) atoms.